The first-order chi connectivity index (χ1) is 8.34. The lowest BCUT2D eigenvalue weighted by molar-refractivity contribution is -0.240. The largest absolute Gasteiger partial charge is 0.481 e. The molecule has 104 valence electrons. The fourth-order valence-corrected chi connectivity index (χ4v) is 4.08. The molecule has 2 saturated carbocycles. The second-order valence-corrected chi connectivity index (χ2v) is 5.73. The summed E-state index contributed by atoms with van der Waals surface area (Å²) < 4.78 is 39.3. The number of carboxylic acids is 1. The van der Waals surface area contributed by atoms with Gasteiger partial charge in [-0.05, 0) is 42.9 Å². The summed E-state index contributed by atoms with van der Waals surface area (Å²) in [7, 11) is 0. The van der Waals surface area contributed by atoms with Crippen molar-refractivity contribution in [1.82, 2.24) is 0 Å². The van der Waals surface area contributed by atoms with Crippen LogP contribution in [0.5, 0.6) is 0 Å². The Morgan fingerprint density at radius 2 is 1.89 bits per heavy atom. The van der Waals surface area contributed by atoms with E-state index in [-0.39, 0.29) is 30.1 Å². The first kappa shape index (κ1) is 13.7. The molecule has 0 spiro atoms. The molecule has 0 unspecified atom stereocenters. The SMILES string of the molecule is CC[C@@H]1CC[C@@H]2[C@H](CC(=O)O)C[C@@H]2[C@H]1C(F)(F)F. The third-order valence-corrected chi connectivity index (χ3v) is 4.91. The van der Waals surface area contributed by atoms with Crippen LogP contribution in [0.3, 0.4) is 0 Å². The van der Waals surface area contributed by atoms with Crippen molar-refractivity contribution in [2.75, 3.05) is 0 Å². The van der Waals surface area contributed by atoms with E-state index >= 15 is 0 Å². The highest BCUT2D eigenvalue weighted by Crippen LogP contribution is 2.59. The number of alkyl halides is 3. The average molecular weight is 264 g/mol. The molecule has 2 fully saturated rings. The van der Waals surface area contributed by atoms with Crippen molar-refractivity contribution in [3.05, 3.63) is 0 Å². The Morgan fingerprint density at radius 1 is 1.22 bits per heavy atom. The van der Waals surface area contributed by atoms with E-state index in [1.807, 2.05) is 6.92 Å². The van der Waals surface area contributed by atoms with E-state index in [9.17, 15) is 18.0 Å². The highest BCUT2D eigenvalue weighted by Gasteiger charge is 2.58. The maximum Gasteiger partial charge on any atom is 0.392 e. The van der Waals surface area contributed by atoms with Gasteiger partial charge < -0.3 is 5.11 Å². The third-order valence-electron chi connectivity index (χ3n) is 4.91. The molecule has 18 heavy (non-hydrogen) atoms. The van der Waals surface area contributed by atoms with Crippen molar-refractivity contribution in [1.29, 1.82) is 0 Å². The van der Waals surface area contributed by atoms with Crippen LogP contribution in [0.1, 0.15) is 39.0 Å². The van der Waals surface area contributed by atoms with E-state index < -0.39 is 18.1 Å². The van der Waals surface area contributed by atoms with Gasteiger partial charge in [-0.15, -0.1) is 0 Å². The van der Waals surface area contributed by atoms with Crippen LogP contribution in [0.15, 0.2) is 0 Å². The van der Waals surface area contributed by atoms with Crippen LogP contribution in [0.25, 0.3) is 0 Å². The lowest BCUT2D eigenvalue weighted by Gasteiger charge is -2.54. The van der Waals surface area contributed by atoms with Crippen LogP contribution < -0.4 is 0 Å². The van der Waals surface area contributed by atoms with Gasteiger partial charge in [0.05, 0.1) is 5.92 Å². The number of carbonyl (C=O) groups is 1. The zero-order valence-electron chi connectivity index (χ0n) is 10.4. The predicted molar refractivity (Wildman–Crippen MR) is 59.9 cm³/mol. The number of carboxylic acid groups (broad SMARTS) is 1. The van der Waals surface area contributed by atoms with Gasteiger partial charge in [0.15, 0.2) is 0 Å². The first-order valence-corrected chi connectivity index (χ1v) is 6.63. The van der Waals surface area contributed by atoms with Gasteiger partial charge >= 0.3 is 12.1 Å². The summed E-state index contributed by atoms with van der Waals surface area (Å²) in [6, 6.07) is 0. The molecule has 0 aliphatic heterocycles. The van der Waals surface area contributed by atoms with Crippen molar-refractivity contribution < 1.29 is 23.1 Å². The second-order valence-electron chi connectivity index (χ2n) is 5.73. The van der Waals surface area contributed by atoms with Crippen molar-refractivity contribution in [3.8, 4) is 0 Å². The Balaban J connectivity index is 2.07. The highest BCUT2D eigenvalue weighted by atomic mass is 19.4. The molecule has 0 radical (unpaired) electrons. The summed E-state index contributed by atoms with van der Waals surface area (Å²) >= 11 is 0. The Hall–Kier alpha value is -0.740. The normalized spacial score (nSPS) is 39.9. The second kappa shape index (κ2) is 4.74. The monoisotopic (exact) mass is 264 g/mol. The Kier molecular flexibility index (Phi) is 3.60. The quantitative estimate of drug-likeness (QED) is 0.843. The van der Waals surface area contributed by atoms with Crippen molar-refractivity contribution in [3.63, 3.8) is 0 Å². The van der Waals surface area contributed by atoms with Crippen LogP contribution in [0, 0.1) is 29.6 Å². The molecule has 0 heterocycles. The Morgan fingerprint density at radius 3 is 2.39 bits per heavy atom. The standard InChI is InChI=1S/C13H19F3O2/c1-2-7-3-4-9-8(6-11(17)18)5-10(9)12(7)13(14,15)16/h7-10,12H,2-6H2,1H3,(H,17,18)/t7-,8+,9-,10+,12+/m1/s1. The van der Waals surface area contributed by atoms with Crippen LogP contribution in [-0.2, 0) is 4.79 Å². The molecule has 2 rings (SSSR count). The molecule has 0 aromatic heterocycles. The van der Waals surface area contributed by atoms with Crippen molar-refractivity contribution >= 4 is 5.97 Å². The molecule has 5 heteroatoms. The first-order valence-electron chi connectivity index (χ1n) is 6.63. The van der Waals surface area contributed by atoms with Gasteiger partial charge in [-0.2, -0.15) is 13.2 Å². The van der Waals surface area contributed by atoms with Gasteiger partial charge in [0.25, 0.3) is 0 Å². The zero-order valence-corrected chi connectivity index (χ0v) is 10.4. The minimum atomic E-state index is -4.13. The van der Waals surface area contributed by atoms with Gasteiger partial charge in [0.1, 0.15) is 0 Å². The molecular formula is C13H19F3O2. The topological polar surface area (TPSA) is 37.3 Å². The minimum absolute atomic E-state index is 0.0180. The molecule has 5 atom stereocenters. The van der Waals surface area contributed by atoms with E-state index in [0.717, 1.165) is 6.42 Å². The predicted octanol–water partition coefficient (Wildman–Crippen LogP) is 3.71. The maximum absolute atomic E-state index is 13.1. The Labute approximate surface area is 105 Å². The number of hydrogen-bond acceptors (Lipinski definition) is 1. The fourth-order valence-electron chi connectivity index (χ4n) is 4.08. The van der Waals surface area contributed by atoms with Crippen LogP contribution in [-0.4, -0.2) is 17.3 Å². The minimum Gasteiger partial charge on any atom is -0.481 e. The number of rotatable bonds is 3. The van der Waals surface area contributed by atoms with E-state index in [2.05, 4.69) is 0 Å². The molecule has 0 saturated heterocycles. The van der Waals surface area contributed by atoms with Crippen molar-refractivity contribution in [2.24, 2.45) is 29.6 Å². The molecule has 2 aliphatic carbocycles. The van der Waals surface area contributed by atoms with E-state index in [1.54, 1.807) is 0 Å². The summed E-state index contributed by atoms with van der Waals surface area (Å²) in [6.07, 6.45) is -1.72. The molecule has 2 nitrogen and oxygen atoms in total. The smallest absolute Gasteiger partial charge is 0.392 e. The van der Waals surface area contributed by atoms with E-state index in [4.69, 9.17) is 5.11 Å². The maximum atomic E-state index is 13.1. The lowest BCUT2D eigenvalue weighted by Crippen LogP contribution is -2.52. The number of hydrogen-bond donors (Lipinski definition) is 1. The number of aliphatic carboxylic acids is 1. The number of halogens is 3. The highest BCUT2D eigenvalue weighted by molar-refractivity contribution is 5.67. The average Bonchev–Trinajstić information content (AvgIpc) is 2.22. The molecule has 2 aliphatic rings. The molecule has 0 amide bonds. The van der Waals surface area contributed by atoms with Gasteiger partial charge in [-0.25, -0.2) is 0 Å². The van der Waals surface area contributed by atoms with Gasteiger partial charge in [-0.1, -0.05) is 13.3 Å². The summed E-state index contributed by atoms with van der Waals surface area (Å²) in [4.78, 5) is 10.7. The molecule has 1 N–H and O–H groups in total. The summed E-state index contributed by atoms with van der Waals surface area (Å²) in [5, 5.41) is 8.74. The van der Waals surface area contributed by atoms with Crippen LogP contribution in [0.4, 0.5) is 13.2 Å². The van der Waals surface area contributed by atoms with E-state index in [1.165, 1.54) is 0 Å². The number of fused-ring (bicyclic) bond motifs is 1. The van der Waals surface area contributed by atoms with Crippen LogP contribution in [0.2, 0.25) is 0 Å². The van der Waals surface area contributed by atoms with Gasteiger partial charge in [0, 0.05) is 6.42 Å². The van der Waals surface area contributed by atoms with Crippen LogP contribution >= 0.6 is 0 Å². The van der Waals surface area contributed by atoms with Crippen molar-refractivity contribution in [2.45, 2.75) is 45.2 Å². The molecule has 0 aromatic rings. The molecule has 0 aromatic carbocycles. The van der Waals surface area contributed by atoms with Gasteiger partial charge in [0.2, 0.25) is 0 Å². The third kappa shape index (κ3) is 2.36. The summed E-state index contributed by atoms with van der Waals surface area (Å²) in [6.45, 7) is 1.82. The van der Waals surface area contributed by atoms with Gasteiger partial charge in [-0.3, -0.25) is 4.79 Å². The van der Waals surface area contributed by atoms with E-state index in [0.29, 0.717) is 19.3 Å². The lowest BCUT2D eigenvalue weighted by atomic mass is 9.51. The molecule has 0 bridgehead atoms. The summed E-state index contributed by atoms with van der Waals surface area (Å²) in [5.74, 6) is -2.73. The summed E-state index contributed by atoms with van der Waals surface area (Å²) in [5.41, 5.74) is 0. The Bertz CT molecular complexity index is 327. The zero-order chi connectivity index (χ0) is 13.5. The molecular weight excluding hydrogens is 245 g/mol. The fraction of sp³-hybridized carbons (Fsp3) is 0.923.